The van der Waals surface area contributed by atoms with Gasteiger partial charge < -0.3 is 18.9 Å². The summed E-state index contributed by atoms with van der Waals surface area (Å²) in [5.74, 6) is 7.67. The molecular weight excluding hydrogens is 430 g/mol. The lowest BCUT2D eigenvalue weighted by molar-refractivity contribution is -0.147. The van der Waals surface area contributed by atoms with Gasteiger partial charge >= 0.3 is 5.97 Å². The number of hydrogen-bond acceptors (Lipinski definition) is 6. The van der Waals surface area contributed by atoms with Crippen LogP contribution >= 0.6 is 12.4 Å². The second-order valence-electron chi connectivity index (χ2n) is 8.62. The van der Waals surface area contributed by atoms with Crippen LogP contribution in [0.25, 0.3) is 0 Å². The highest BCUT2D eigenvalue weighted by molar-refractivity contribution is 5.90. The molecule has 5 rings (SSSR count). The van der Waals surface area contributed by atoms with Crippen LogP contribution in [0.2, 0.25) is 0 Å². The maximum Gasteiger partial charge on any atom is 0.332 e. The van der Waals surface area contributed by atoms with Crippen LogP contribution in [-0.2, 0) is 14.3 Å². The fourth-order valence-corrected chi connectivity index (χ4v) is 5.76. The average Bonchev–Trinajstić information content (AvgIpc) is 3.44. The van der Waals surface area contributed by atoms with Crippen molar-refractivity contribution in [2.75, 3.05) is 21.3 Å². The summed E-state index contributed by atoms with van der Waals surface area (Å²) in [4.78, 5) is 14.9. The van der Waals surface area contributed by atoms with Crippen molar-refractivity contribution in [3.05, 3.63) is 47.1 Å². The van der Waals surface area contributed by atoms with Crippen LogP contribution in [0.4, 0.5) is 0 Å². The predicted molar refractivity (Wildman–Crippen MR) is 122 cm³/mol. The molecule has 3 heterocycles. The van der Waals surface area contributed by atoms with Crippen LogP contribution in [-0.4, -0.2) is 62.0 Å². The smallest absolute Gasteiger partial charge is 0.332 e. The zero-order valence-electron chi connectivity index (χ0n) is 18.7. The van der Waals surface area contributed by atoms with Gasteiger partial charge in [0, 0.05) is 54.5 Å². The van der Waals surface area contributed by atoms with Gasteiger partial charge in [-0.2, -0.15) is 0 Å². The monoisotopic (exact) mass is 457 g/mol. The van der Waals surface area contributed by atoms with Crippen molar-refractivity contribution in [2.45, 2.75) is 56.0 Å². The van der Waals surface area contributed by atoms with Crippen molar-refractivity contribution in [3.8, 4) is 23.3 Å². The van der Waals surface area contributed by atoms with E-state index in [2.05, 4.69) is 29.7 Å². The van der Waals surface area contributed by atoms with E-state index >= 15 is 0 Å². The second kappa shape index (κ2) is 8.47. The molecule has 4 aliphatic rings. The predicted octanol–water partition coefficient (Wildman–Crippen LogP) is 3.28. The number of nitrogens with zero attached hydrogens (tertiary/aromatic N) is 1. The normalized spacial score (nSPS) is 30.6. The molecule has 1 aliphatic carbocycles. The highest BCUT2D eigenvalue weighted by Gasteiger charge is 2.64. The Bertz CT molecular complexity index is 1030. The fourth-order valence-electron chi connectivity index (χ4n) is 5.76. The molecule has 7 heteroatoms. The minimum atomic E-state index is -0.588. The van der Waals surface area contributed by atoms with Crippen LogP contribution < -0.4 is 9.47 Å². The van der Waals surface area contributed by atoms with E-state index < -0.39 is 5.60 Å². The first-order chi connectivity index (χ1) is 15.0. The molecule has 1 aromatic carbocycles. The number of carbonyl (C=O) groups excluding carboxylic acids is 1. The van der Waals surface area contributed by atoms with Crippen molar-refractivity contribution < 1.29 is 23.7 Å². The highest BCUT2D eigenvalue weighted by atomic mass is 35.5. The van der Waals surface area contributed by atoms with Gasteiger partial charge in [-0.05, 0) is 31.9 Å². The zero-order valence-corrected chi connectivity index (χ0v) is 19.5. The van der Waals surface area contributed by atoms with Crippen molar-refractivity contribution in [1.82, 2.24) is 4.90 Å². The van der Waals surface area contributed by atoms with Gasteiger partial charge in [0.1, 0.15) is 11.5 Å². The third-order valence-electron chi connectivity index (χ3n) is 7.17. The molecular formula is C25H28ClNO5. The molecule has 0 saturated carbocycles. The molecule has 0 amide bonds. The van der Waals surface area contributed by atoms with E-state index in [1.807, 2.05) is 18.2 Å². The minimum Gasteiger partial charge on any atom is -0.497 e. The average molecular weight is 458 g/mol. The Kier molecular flexibility index (Phi) is 6.02. The van der Waals surface area contributed by atoms with Gasteiger partial charge in [-0.25, -0.2) is 4.79 Å². The van der Waals surface area contributed by atoms with Crippen molar-refractivity contribution >= 4 is 18.4 Å². The van der Waals surface area contributed by atoms with Crippen LogP contribution in [0.15, 0.2) is 41.5 Å². The summed E-state index contributed by atoms with van der Waals surface area (Å²) in [6, 6.07) is 6.24. The van der Waals surface area contributed by atoms with Gasteiger partial charge in [-0.15, -0.1) is 12.4 Å². The summed E-state index contributed by atoms with van der Waals surface area (Å²) in [5.41, 5.74) is 2.01. The SMILES string of the molecule is COc1cc(C#CC2=C[C@@H]3C[C@@]4(OC(=O)C=C24)[C@H]2CC[C@@H](C(C)OC)N32)cc(OC)c1.Cl. The quantitative estimate of drug-likeness (QED) is 0.511. The minimum absolute atomic E-state index is 0. The molecule has 170 valence electrons. The number of rotatable bonds is 4. The maximum absolute atomic E-state index is 12.4. The van der Waals surface area contributed by atoms with E-state index in [1.165, 1.54) is 0 Å². The first-order valence-corrected chi connectivity index (χ1v) is 10.7. The van der Waals surface area contributed by atoms with E-state index in [0.29, 0.717) is 17.5 Å². The molecule has 5 atom stereocenters. The molecule has 0 aromatic heterocycles. The number of esters is 1. The number of carbonyl (C=O) groups is 1. The Morgan fingerprint density at radius 3 is 2.50 bits per heavy atom. The lowest BCUT2D eigenvalue weighted by Crippen LogP contribution is -2.47. The summed E-state index contributed by atoms with van der Waals surface area (Å²) < 4.78 is 22.4. The van der Waals surface area contributed by atoms with E-state index in [4.69, 9.17) is 18.9 Å². The van der Waals surface area contributed by atoms with E-state index in [1.54, 1.807) is 27.4 Å². The third-order valence-corrected chi connectivity index (χ3v) is 7.17. The van der Waals surface area contributed by atoms with Gasteiger partial charge in [-0.3, -0.25) is 4.90 Å². The zero-order chi connectivity index (χ0) is 21.8. The molecule has 1 spiro atoms. The number of halogens is 1. The molecule has 3 aliphatic heterocycles. The number of ether oxygens (including phenoxy) is 4. The second-order valence-corrected chi connectivity index (χ2v) is 8.62. The topological polar surface area (TPSA) is 57.2 Å². The Morgan fingerprint density at radius 1 is 1.12 bits per heavy atom. The Morgan fingerprint density at radius 2 is 1.84 bits per heavy atom. The summed E-state index contributed by atoms with van der Waals surface area (Å²) in [5, 5.41) is 0. The number of benzene rings is 1. The van der Waals surface area contributed by atoms with Gasteiger partial charge in [0.15, 0.2) is 5.60 Å². The lowest BCUT2D eigenvalue weighted by atomic mass is 9.77. The molecule has 1 aromatic rings. The maximum atomic E-state index is 12.4. The van der Waals surface area contributed by atoms with Gasteiger partial charge in [-0.1, -0.05) is 17.9 Å². The first-order valence-electron chi connectivity index (χ1n) is 10.7. The molecule has 0 N–H and O–H groups in total. The van der Waals surface area contributed by atoms with Crippen LogP contribution in [0.1, 0.15) is 31.7 Å². The van der Waals surface area contributed by atoms with Crippen molar-refractivity contribution in [1.29, 1.82) is 0 Å². The van der Waals surface area contributed by atoms with E-state index in [-0.39, 0.29) is 36.6 Å². The number of hydrogen-bond donors (Lipinski definition) is 0. The van der Waals surface area contributed by atoms with E-state index in [9.17, 15) is 4.79 Å². The number of methoxy groups -OCH3 is 3. The molecule has 2 fully saturated rings. The third kappa shape index (κ3) is 3.40. The van der Waals surface area contributed by atoms with E-state index in [0.717, 1.165) is 36.0 Å². The molecule has 2 saturated heterocycles. The molecule has 2 bridgehead atoms. The highest BCUT2D eigenvalue weighted by Crippen LogP contribution is 2.56. The lowest BCUT2D eigenvalue weighted by Gasteiger charge is -2.33. The summed E-state index contributed by atoms with van der Waals surface area (Å²) in [7, 11) is 5.00. The van der Waals surface area contributed by atoms with Crippen molar-refractivity contribution in [3.63, 3.8) is 0 Å². The molecule has 0 radical (unpaired) electrons. The largest absolute Gasteiger partial charge is 0.497 e. The van der Waals surface area contributed by atoms with Crippen molar-refractivity contribution in [2.24, 2.45) is 0 Å². The first kappa shape index (κ1) is 22.7. The molecule has 6 nitrogen and oxygen atoms in total. The Labute approximate surface area is 194 Å². The van der Waals surface area contributed by atoms with Crippen LogP contribution in [0, 0.1) is 11.8 Å². The fraction of sp³-hybridized carbons (Fsp3) is 0.480. The van der Waals surface area contributed by atoms with Gasteiger partial charge in [0.25, 0.3) is 0 Å². The Balaban J connectivity index is 0.00000245. The van der Waals surface area contributed by atoms with Gasteiger partial charge in [0.2, 0.25) is 0 Å². The standard InChI is InChI=1S/C25H27NO5.ClH/c1-15(28-2)22-7-8-23-25-14-18(26(22)23)11-17(21(25)13-24(27)31-25)6-5-16-9-19(29-3)12-20(10-16)30-4;/h9-13,15,18,22-23H,7-8,14H2,1-4H3;1H/t15?,18-,22+,23-,25+;/m1./s1. The van der Waals surface area contributed by atoms with Crippen LogP contribution in [0.5, 0.6) is 11.5 Å². The van der Waals surface area contributed by atoms with Gasteiger partial charge in [0.05, 0.1) is 26.4 Å². The molecule has 1 unspecified atom stereocenters. The molecule has 32 heavy (non-hydrogen) atoms. The summed E-state index contributed by atoms with van der Waals surface area (Å²) >= 11 is 0. The summed E-state index contributed by atoms with van der Waals surface area (Å²) in [6.45, 7) is 2.12. The van der Waals surface area contributed by atoms with Crippen LogP contribution in [0.3, 0.4) is 0 Å². The number of fused-ring (bicyclic) bond motifs is 3. The Hall–Kier alpha value is -2.46. The summed E-state index contributed by atoms with van der Waals surface area (Å²) in [6.07, 6.45) is 6.79.